The molecular weight excluding hydrogens is 423 g/mol. The second kappa shape index (κ2) is 9.86. The second-order valence-electron chi connectivity index (χ2n) is 5.11. The number of allylic oxidation sites excluding steroid dienone is 3. The topological polar surface area (TPSA) is 0 Å². The van der Waals surface area contributed by atoms with Crippen LogP contribution in [0.15, 0.2) is 50.6 Å². The van der Waals surface area contributed by atoms with Crippen molar-refractivity contribution in [2.75, 3.05) is 0 Å². The fraction of sp³-hybridized carbons (Fsp3) is 0.444. The first kappa shape index (κ1) is 16.4. The van der Waals surface area contributed by atoms with Crippen molar-refractivity contribution in [2.24, 2.45) is 0 Å². The summed E-state index contributed by atoms with van der Waals surface area (Å²) >= 11 is 0.623. The van der Waals surface area contributed by atoms with E-state index < -0.39 is 0 Å². The zero-order chi connectivity index (χ0) is 14.0. The van der Waals surface area contributed by atoms with Crippen LogP contribution in [0.5, 0.6) is 0 Å². The van der Waals surface area contributed by atoms with E-state index in [1.807, 2.05) is 2.52 Å². The van der Waals surface area contributed by atoms with Crippen molar-refractivity contribution >= 4 is 40.3 Å². The van der Waals surface area contributed by atoms with E-state index in [2.05, 4.69) is 49.4 Å². The molecule has 1 aliphatic carbocycles. The molecule has 0 fully saturated rings. The van der Waals surface area contributed by atoms with E-state index in [-0.39, 0.29) is 20.9 Å². The molecule has 20 heavy (non-hydrogen) atoms. The van der Waals surface area contributed by atoms with Crippen molar-refractivity contribution in [3.8, 4) is 0 Å². The van der Waals surface area contributed by atoms with Gasteiger partial charge in [0.2, 0.25) is 0 Å². The molecule has 2 rings (SSSR count). The number of rotatable bonds is 7. The Kier molecular flexibility index (Phi) is 8.07. The van der Waals surface area contributed by atoms with Crippen LogP contribution in [0.4, 0.5) is 0 Å². The number of hydrogen-bond acceptors (Lipinski definition) is 0. The maximum absolute atomic E-state index is 2.59. The maximum atomic E-state index is 2.59. The van der Waals surface area contributed by atoms with Crippen molar-refractivity contribution in [3.05, 3.63) is 50.6 Å². The van der Waals surface area contributed by atoms with Crippen LogP contribution in [0.25, 0.3) is 0 Å². The minimum atomic E-state index is 0.0579. The quantitative estimate of drug-likeness (QED) is 0.433. The predicted molar refractivity (Wildman–Crippen MR) is 91.9 cm³/mol. The van der Waals surface area contributed by atoms with E-state index >= 15 is 0 Å². The van der Waals surface area contributed by atoms with Crippen molar-refractivity contribution in [3.63, 3.8) is 0 Å². The van der Waals surface area contributed by atoms with Crippen molar-refractivity contribution in [1.82, 2.24) is 0 Å². The first-order chi connectivity index (χ1) is 9.88. The van der Waals surface area contributed by atoms with Gasteiger partial charge >= 0.3 is 141 Å². The first-order valence-corrected chi connectivity index (χ1v) is 12.2. The molecule has 0 atom stereocenters. The Morgan fingerprint density at radius 2 is 2.10 bits per heavy atom. The molecule has 1 aromatic carbocycles. The number of benzene rings is 1. The molecule has 0 nitrogen and oxygen atoms in total. The van der Waals surface area contributed by atoms with E-state index in [1.165, 1.54) is 43.0 Å². The molecule has 0 aromatic heterocycles. The summed E-state index contributed by atoms with van der Waals surface area (Å²) in [4.78, 5) is 0. The molecule has 0 saturated carbocycles. The summed E-state index contributed by atoms with van der Waals surface area (Å²) in [5.74, 6) is 0. The minimum absolute atomic E-state index is 0.0579. The molecule has 0 radical (unpaired) electrons. The third kappa shape index (κ3) is 6.19. The van der Waals surface area contributed by atoms with Gasteiger partial charge < -0.3 is 0 Å². The average molecular weight is 447 g/mol. The summed E-state index contributed by atoms with van der Waals surface area (Å²) < 4.78 is 4.84. The average Bonchev–Trinajstić information content (AvgIpc) is 2.49. The van der Waals surface area contributed by atoms with E-state index in [1.54, 1.807) is 10.0 Å². The Hall–Kier alpha value is 0.00909. The van der Waals surface area contributed by atoms with E-state index in [0.717, 1.165) is 0 Å². The molecule has 0 unspecified atom stereocenters. The van der Waals surface area contributed by atoms with Crippen LogP contribution in [0.3, 0.4) is 0 Å². The van der Waals surface area contributed by atoms with Gasteiger partial charge in [-0.1, -0.05) is 0 Å². The normalized spacial score (nSPS) is 16.1. The van der Waals surface area contributed by atoms with Crippen LogP contribution in [-0.4, -0.2) is 35.9 Å². The SMILES string of the molecule is CCCC[Te]/C(=C\C1=CCCCC1)[Se]c1ccccc1. The standard InChI is InChI=1S/C18H24SeTe/c1-2-3-14-20-18(15-16-10-6-4-7-11-16)19-17-12-8-5-9-13-17/h5,8-10,12-13,15H,2-4,6-7,11,14H2,1H3/b18-15-. The van der Waals surface area contributed by atoms with E-state index in [4.69, 9.17) is 0 Å². The van der Waals surface area contributed by atoms with Crippen LogP contribution in [-0.2, 0) is 0 Å². The molecule has 1 aromatic rings. The van der Waals surface area contributed by atoms with Crippen molar-refractivity contribution < 1.29 is 0 Å². The van der Waals surface area contributed by atoms with Crippen LogP contribution in [0, 0.1) is 0 Å². The van der Waals surface area contributed by atoms with Gasteiger partial charge in [-0.05, 0) is 0 Å². The molecule has 0 aliphatic heterocycles. The number of hydrogen-bond donors (Lipinski definition) is 0. The van der Waals surface area contributed by atoms with Gasteiger partial charge in [-0.2, -0.15) is 0 Å². The van der Waals surface area contributed by atoms with Gasteiger partial charge in [0.25, 0.3) is 0 Å². The van der Waals surface area contributed by atoms with Gasteiger partial charge in [0.05, 0.1) is 0 Å². The predicted octanol–water partition coefficient (Wildman–Crippen LogP) is 4.28. The van der Waals surface area contributed by atoms with Gasteiger partial charge in [0.1, 0.15) is 0 Å². The summed E-state index contributed by atoms with van der Waals surface area (Å²) in [6, 6.07) is 11.1. The third-order valence-corrected chi connectivity index (χ3v) is 10.5. The van der Waals surface area contributed by atoms with E-state index in [9.17, 15) is 0 Å². The molecule has 108 valence electrons. The fourth-order valence-corrected chi connectivity index (χ4v) is 9.79. The zero-order valence-electron chi connectivity index (χ0n) is 12.3. The fourth-order valence-electron chi connectivity index (χ4n) is 2.17. The zero-order valence-corrected chi connectivity index (χ0v) is 16.4. The third-order valence-electron chi connectivity index (χ3n) is 3.33. The molecule has 1 aliphatic rings. The molecule has 0 spiro atoms. The van der Waals surface area contributed by atoms with Gasteiger partial charge in [-0.25, -0.2) is 0 Å². The Morgan fingerprint density at radius 3 is 2.80 bits per heavy atom. The van der Waals surface area contributed by atoms with Crippen LogP contribution in [0.2, 0.25) is 4.47 Å². The molecule has 0 amide bonds. The summed E-state index contributed by atoms with van der Waals surface area (Å²) in [6.45, 7) is 2.31. The summed E-state index contributed by atoms with van der Waals surface area (Å²) in [6.07, 6.45) is 13.2. The Labute approximate surface area is 140 Å². The summed E-state index contributed by atoms with van der Waals surface area (Å²) in [5, 5.41) is 0. The molecular formula is C18H24SeTe. The van der Waals surface area contributed by atoms with Crippen LogP contribution in [0.1, 0.15) is 45.4 Å². The molecule has 0 saturated heterocycles. The van der Waals surface area contributed by atoms with E-state index in [0.29, 0.717) is 15.0 Å². The molecule has 0 heterocycles. The molecule has 0 N–H and O–H groups in total. The van der Waals surface area contributed by atoms with Gasteiger partial charge in [-0.3, -0.25) is 0 Å². The summed E-state index contributed by atoms with van der Waals surface area (Å²) in [7, 11) is 0. The van der Waals surface area contributed by atoms with Gasteiger partial charge in [0.15, 0.2) is 0 Å². The Morgan fingerprint density at radius 1 is 1.25 bits per heavy atom. The molecule has 2 heteroatoms. The van der Waals surface area contributed by atoms with Crippen LogP contribution >= 0.6 is 0 Å². The number of unbranched alkanes of at least 4 members (excludes halogenated alkanes) is 1. The van der Waals surface area contributed by atoms with Gasteiger partial charge in [-0.15, -0.1) is 0 Å². The second-order valence-corrected chi connectivity index (χ2v) is 12.5. The van der Waals surface area contributed by atoms with Crippen LogP contribution < -0.4 is 4.46 Å². The Bertz CT molecular complexity index is 448. The summed E-state index contributed by atoms with van der Waals surface area (Å²) in [5.41, 5.74) is 1.63. The Balaban J connectivity index is 2.03. The first-order valence-electron chi connectivity index (χ1n) is 7.65. The molecule has 0 bridgehead atoms. The van der Waals surface area contributed by atoms with Gasteiger partial charge in [0, 0.05) is 0 Å². The van der Waals surface area contributed by atoms with Crippen molar-refractivity contribution in [2.45, 2.75) is 49.9 Å². The van der Waals surface area contributed by atoms with Crippen molar-refractivity contribution in [1.29, 1.82) is 0 Å². The monoisotopic (exact) mass is 450 g/mol.